The maximum absolute atomic E-state index is 13.2. The van der Waals surface area contributed by atoms with Gasteiger partial charge in [0.25, 0.3) is 0 Å². The summed E-state index contributed by atoms with van der Waals surface area (Å²) in [4.78, 5) is 12.6. The molecule has 1 aliphatic carbocycles. The lowest BCUT2D eigenvalue weighted by Crippen LogP contribution is -2.32. The van der Waals surface area contributed by atoms with Gasteiger partial charge in [0.1, 0.15) is 17.4 Å². The van der Waals surface area contributed by atoms with Crippen molar-refractivity contribution in [2.45, 2.75) is 25.8 Å². The number of nitrogens with zero attached hydrogens (tertiary/aromatic N) is 2. The second-order valence-corrected chi connectivity index (χ2v) is 7.58. The molecule has 1 amide bonds. The summed E-state index contributed by atoms with van der Waals surface area (Å²) in [7, 11) is 1.65. The van der Waals surface area contributed by atoms with Gasteiger partial charge in [-0.15, -0.1) is 0 Å². The molecule has 7 heteroatoms. The molecule has 2 aromatic carbocycles. The summed E-state index contributed by atoms with van der Waals surface area (Å²) in [5.74, 6) is 1.44. The Hall–Kier alpha value is -3.19. The number of amides is 1. The first kappa shape index (κ1) is 20.1. The number of anilines is 1. The molecule has 0 aliphatic heterocycles. The molecule has 6 nitrogen and oxygen atoms in total. The molecule has 1 aromatic heterocycles. The first-order valence-corrected chi connectivity index (χ1v) is 10.0. The largest absolute Gasteiger partial charge is 0.497 e. The third-order valence-electron chi connectivity index (χ3n) is 5.22. The highest BCUT2D eigenvalue weighted by atomic mass is 19.1. The predicted octanol–water partition coefficient (Wildman–Crippen LogP) is 4.01. The van der Waals surface area contributed by atoms with E-state index in [1.54, 1.807) is 30.0 Å². The molecular weight excluding hydrogens is 383 g/mol. The van der Waals surface area contributed by atoms with E-state index < -0.39 is 0 Å². The fourth-order valence-electron chi connectivity index (χ4n) is 3.55. The van der Waals surface area contributed by atoms with Gasteiger partial charge in [-0.3, -0.25) is 4.79 Å². The highest BCUT2D eigenvalue weighted by Gasteiger charge is 2.32. The molecule has 156 valence electrons. The Balaban J connectivity index is 1.42. The van der Waals surface area contributed by atoms with Gasteiger partial charge < -0.3 is 15.4 Å². The van der Waals surface area contributed by atoms with E-state index in [-0.39, 0.29) is 24.3 Å². The van der Waals surface area contributed by atoms with Crippen molar-refractivity contribution < 1.29 is 13.9 Å². The molecule has 1 heterocycles. The smallest absolute Gasteiger partial charge is 0.239 e. The van der Waals surface area contributed by atoms with Gasteiger partial charge in [-0.2, -0.15) is 5.10 Å². The van der Waals surface area contributed by atoms with Gasteiger partial charge in [0, 0.05) is 12.1 Å². The summed E-state index contributed by atoms with van der Waals surface area (Å²) in [5, 5.41) is 10.7. The quantitative estimate of drug-likeness (QED) is 0.591. The van der Waals surface area contributed by atoms with Crippen molar-refractivity contribution in [3.8, 4) is 11.4 Å². The van der Waals surface area contributed by atoms with Crippen LogP contribution in [0.1, 0.15) is 30.1 Å². The molecule has 1 saturated carbocycles. The Morgan fingerprint density at radius 3 is 2.53 bits per heavy atom. The molecule has 3 aromatic rings. The molecule has 0 bridgehead atoms. The molecule has 4 rings (SSSR count). The van der Waals surface area contributed by atoms with Crippen LogP contribution in [0.3, 0.4) is 0 Å². The Bertz CT molecular complexity index is 1010. The van der Waals surface area contributed by atoms with Crippen LogP contribution in [0, 0.1) is 18.7 Å². The number of rotatable bonds is 8. The first-order chi connectivity index (χ1) is 14.5. The van der Waals surface area contributed by atoms with Gasteiger partial charge in [-0.05, 0) is 67.6 Å². The van der Waals surface area contributed by atoms with Gasteiger partial charge in [0.05, 0.1) is 25.0 Å². The van der Waals surface area contributed by atoms with Crippen LogP contribution in [0.15, 0.2) is 54.6 Å². The van der Waals surface area contributed by atoms with Crippen molar-refractivity contribution in [2.24, 2.45) is 5.92 Å². The Morgan fingerprint density at radius 1 is 1.20 bits per heavy atom. The fraction of sp³-hybridized carbons (Fsp3) is 0.304. The average molecular weight is 408 g/mol. The van der Waals surface area contributed by atoms with Crippen molar-refractivity contribution in [2.75, 3.05) is 19.0 Å². The van der Waals surface area contributed by atoms with E-state index in [1.165, 1.54) is 12.1 Å². The topological polar surface area (TPSA) is 68.2 Å². The number of methoxy groups -OCH3 is 1. The summed E-state index contributed by atoms with van der Waals surface area (Å²) in [6, 6.07) is 15.9. The molecular formula is C23H25FN4O2. The number of carbonyl (C=O) groups excluding carboxylic acids is 1. The highest BCUT2D eigenvalue weighted by Crippen LogP contribution is 2.41. The zero-order valence-electron chi connectivity index (χ0n) is 17.1. The van der Waals surface area contributed by atoms with Crippen LogP contribution >= 0.6 is 0 Å². The minimum atomic E-state index is -0.318. The second kappa shape index (κ2) is 8.67. The van der Waals surface area contributed by atoms with Crippen molar-refractivity contribution in [1.29, 1.82) is 0 Å². The van der Waals surface area contributed by atoms with Crippen LogP contribution in [0.25, 0.3) is 5.69 Å². The van der Waals surface area contributed by atoms with Crippen LogP contribution in [0.5, 0.6) is 5.75 Å². The zero-order valence-corrected chi connectivity index (χ0v) is 17.1. The van der Waals surface area contributed by atoms with Crippen molar-refractivity contribution in [1.82, 2.24) is 15.1 Å². The maximum atomic E-state index is 13.2. The Morgan fingerprint density at radius 2 is 1.90 bits per heavy atom. The molecule has 1 unspecified atom stereocenters. The summed E-state index contributed by atoms with van der Waals surface area (Å²) >= 11 is 0. The van der Waals surface area contributed by atoms with E-state index in [0.717, 1.165) is 29.8 Å². The van der Waals surface area contributed by atoms with Crippen molar-refractivity contribution >= 4 is 11.7 Å². The number of nitrogens with one attached hydrogen (secondary N) is 2. The minimum Gasteiger partial charge on any atom is -0.497 e. The molecule has 1 atom stereocenters. The third-order valence-corrected chi connectivity index (χ3v) is 5.22. The molecule has 1 fully saturated rings. The van der Waals surface area contributed by atoms with E-state index in [9.17, 15) is 9.18 Å². The van der Waals surface area contributed by atoms with Crippen LogP contribution < -0.4 is 15.4 Å². The minimum absolute atomic E-state index is 0.130. The molecule has 0 saturated heterocycles. The monoisotopic (exact) mass is 408 g/mol. The van der Waals surface area contributed by atoms with E-state index in [1.807, 2.05) is 31.2 Å². The predicted molar refractivity (Wildman–Crippen MR) is 113 cm³/mol. The number of halogens is 1. The molecule has 0 spiro atoms. The van der Waals surface area contributed by atoms with Gasteiger partial charge in [0.2, 0.25) is 5.91 Å². The van der Waals surface area contributed by atoms with Crippen molar-refractivity contribution in [3.05, 3.63) is 71.7 Å². The van der Waals surface area contributed by atoms with Gasteiger partial charge in [0.15, 0.2) is 0 Å². The van der Waals surface area contributed by atoms with E-state index in [0.29, 0.717) is 17.4 Å². The molecule has 2 N–H and O–H groups in total. The highest BCUT2D eigenvalue weighted by molar-refractivity contribution is 5.91. The Labute approximate surface area is 175 Å². The van der Waals surface area contributed by atoms with Gasteiger partial charge in [-0.1, -0.05) is 12.1 Å². The van der Waals surface area contributed by atoms with E-state index in [2.05, 4.69) is 15.7 Å². The van der Waals surface area contributed by atoms with Crippen LogP contribution in [0.4, 0.5) is 10.2 Å². The summed E-state index contributed by atoms with van der Waals surface area (Å²) in [6.45, 7) is 2.03. The molecule has 30 heavy (non-hydrogen) atoms. The maximum Gasteiger partial charge on any atom is 0.239 e. The fourth-order valence-corrected chi connectivity index (χ4v) is 3.55. The van der Waals surface area contributed by atoms with Crippen LogP contribution in [-0.4, -0.2) is 29.3 Å². The standard InChI is InChI=1S/C23H25FN4O2/c1-15-13-21(28(27-15)19-9-7-18(24)8-10-19)26-22(29)14-25-23(16-3-4-16)17-5-11-20(30-2)12-6-17/h5-13,16,23,25H,3-4,14H2,1-2H3,(H,26,29). The van der Waals surface area contributed by atoms with Gasteiger partial charge in [-0.25, -0.2) is 9.07 Å². The molecule has 0 radical (unpaired) electrons. The zero-order chi connectivity index (χ0) is 21.1. The summed E-state index contributed by atoms with van der Waals surface area (Å²) in [5.41, 5.74) is 2.59. The number of ether oxygens (including phenoxy) is 1. The SMILES string of the molecule is COc1ccc(C(NCC(=O)Nc2cc(C)nn2-c2ccc(F)cc2)C2CC2)cc1. The van der Waals surface area contributed by atoms with Crippen LogP contribution in [-0.2, 0) is 4.79 Å². The number of aryl methyl sites for hydroxylation is 1. The lowest BCUT2D eigenvalue weighted by molar-refractivity contribution is -0.115. The Kier molecular flexibility index (Phi) is 5.81. The molecule has 1 aliphatic rings. The average Bonchev–Trinajstić information content (AvgIpc) is 3.52. The number of hydrogen-bond donors (Lipinski definition) is 2. The van der Waals surface area contributed by atoms with Gasteiger partial charge >= 0.3 is 0 Å². The van der Waals surface area contributed by atoms with Crippen LogP contribution in [0.2, 0.25) is 0 Å². The first-order valence-electron chi connectivity index (χ1n) is 10.0. The van der Waals surface area contributed by atoms with Crippen molar-refractivity contribution in [3.63, 3.8) is 0 Å². The second-order valence-electron chi connectivity index (χ2n) is 7.58. The number of benzene rings is 2. The number of carbonyl (C=O) groups is 1. The van der Waals surface area contributed by atoms with E-state index >= 15 is 0 Å². The van der Waals surface area contributed by atoms with E-state index in [4.69, 9.17) is 4.74 Å². The normalized spacial score (nSPS) is 14.4. The summed E-state index contributed by atoms with van der Waals surface area (Å²) in [6.07, 6.45) is 2.31. The lowest BCUT2D eigenvalue weighted by Gasteiger charge is -2.19. The summed E-state index contributed by atoms with van der Waals surface area (Å²) < 4.78 is 20.1. The number of hydrogen-bond acceptors (Lipinski definition) is 4. The lowest BCUT2D eigenvalue weighted by atomic mass is 10.0. The third kappa shape index (κ3) is 4.68. The number of aromatic nitrogens is 2.